The lowest BCUT2D eigenvalue weighted by Crippen LogP contribution is -2.48. The third-order valence-corrected chi connectivity index (χ3v) is 5.44. The highest BCUT2D eigenvalue weighted by atomic mass is 19.4. The summed E-state index contributed by atoms with van der Waals surface area (Å²) in [5, 5.41) is 2.77. The van der Waals surface area contributed by atoms with Crippen molar-refractivity contribution in [3.05, 3.63) is 89.4 Å². The van der Waals surface area contributed by atoms with Crippen LogP contribution in [-0.2, 0) is 12.7 Å². The summed E-state index contributed by atoms with van der Waals surface area (Å²) < 4.78 is 40.0. The van der Waals surface area contributed by atoms with Crippen LogP contribution < -0.4 is 10.2 Å². The number of amides is 2. The molecule has 2 amide bonds. The van der Waals surface area contributed by atoms with Gasteiger partial charge in [0.15, 0.2) is 0 Å². The van der Waals surface area contributed by atoms with Crippen LogP contribution in [0.5, 0.6) is 0 Å². The molecule has 1 aromatic carbocycles. The first-order valence-electron chi connectivity index (χ1n) is 10.7. The normalized spacial score (nSPS) is 14.1. The van der Waals surface area contributed by atoms with Crippen LogP contribution in [0.1, 0.15) is 38.4 Å². The number of pyridine rings is 2. The lowest BCUT2D eigenvalue weighted by atomic mass is 10.1. The number of anilines is 1. The van der Waals surface area contributed by atoms with E-state index >= 15 is 0 Å². The fourth-order valence-corrected chi connectivity index (χ4v) is 3.72. The first-order chi connectivity index (χ1) is 16.3. The minimum absolute atomic E-state index is 0.100. The van der Waals surface area contributed by atoms with Crippen LogP contribution in [0.3, 0.4) is 0 Å². The molecule has 0 saturated carbocycles. The molecule has 0 radical (unpaired) electrons. The number of carbonyl (C=O) groups is 2. The Kier molecular flexibility index (Phi) is 6.76. The molecular weight excluding hydrogens is 447 g/mol. The van der Waals surface area contributed by atoms with Gasteiger partial charge in [-0.05, 0) is 42.8 Å². The molecule has 176 valence electrons. The fourth-order valence-electron chi connectivity index (χ4n) is 3.72. The molecule has 1 N–H and O–H groups in total. The highest BCUT2D eigenvalue weighted by molar-refractivity contribution is 5.96. The van der Waals surface area contributed by atoms with Crippen molar-refractivity contribution in [3.63, 3.8) is 0 Å². The van der Waals surface area contributed by atoms with Gasteiger partial charge in [-0.2, -0.15) is 13.2 Å². The summed E-state index contributed by atoms with van der Waals surface area (Å²) in [6, 6.07) is 13.5. The second kappa shape index (κ2) is 9.90. The first kappa shape index (κ1) is 23.2. The van der Waals surface area contributed by atoms with Crippen molar-refractivity contribution in [1.82, 2.24) is 20.2 Å². The van der Waals surface area contributed by atoms with Crippen molar-refractivity contribution in [2.75, 3.05) is 24.7 Å². The third-order valence-electron chi connectivity index (χ3n) is 5.44. The van der Waals surface area contributed by atoms with E-state index in [1.165, 1.54) is 29.3 Å². The molecule has 7 nitrogen and oxygen atoms in total. The average molecular weight is 469 g/mol. The molecular formula is C24H22F3N5O2. The summed E-state index contributed by atoms with van der Waals surface area (Å²) in [5.41, 5.74) is -0.227. The van der Waals surface area contributed by atoms with E-state index in [0.29, 0.717) is 30.9 Å². The zero-order valence-electron chi connectivity index (χ0n) is 18.1. The number of benzene rings is 1. The van der Waals surface area contributed by atoms with Gasteiger partial charge in [0.1, 0.15) is 5.82 Å². The number of hydrogen-bond donors (Lipinski definition) is 1. The second-order valence-electron chi connectivity index (χ2n) is 7.78. The summed E-state index contributed by atoms with van der Waals surface area (Å²) in [7, 11) is 0. The van der Waals surface area contributed by atoms with Crippen molar-refractivity contribution >= 4 is 17.6 Å². The van der Waals surface area contributed by atoms with Gasteiger partial charge in [-0.3, -0.25) is 14.6 Å². The van der Waals surface area contributed by atoms with Crippen LogP contribution in [0.25, 0.3) is 0 Å². The Morgan fingerprint density at radius 2 is 1.76 bits per heavy atom. The minimum atomic E-state index is -4.61. The van der Waals surface area contributed by atoms with E-state index in [0.717, 1.165) is 11.8 Å². The van der Waals surface area contributed by atoms with E-state index in [2.05, 4.69) is 15.3 Å². The van der Waals surface area contributed by atoms with Crippen LogP contribution >= 0.6 is 0 Å². The molecule has 0 unspecified atom stereocenters. The lowest BCUT2D eigenvalue weighted by Gasteiger charge is -2.36. The molecule has 1 fully saturated rings. The van der Waals surface area contributed by atoms with Gasteiger partial charge in [-0.1, -0.05) is 18.2 Å². The van der Waals surface area contributed by atoms with Gasteiger partial charge in [0.25, 0.3) is 11.8 Å². The van der Waals surface area contributed by atoms with E-state index < -0.39 is 17.6 Å². The quantitative estimate of drug-likeness (QED) is 0.616. The number of hydrogen-bond acceptors (Lipinski definition) is 5. The smallest absolute Gasteiger partial charge is 0.346 e. The maximum absolute atomic E-state index is 13.3. The summed E-state index contributed by atoms with van der Waals surface area (Å²) in [6.45, 7) is 1.31. The predicted molar refractivity (Wildman–Crippen MR) is 119 cm³/mol. The predicted octanol–water partition coefficient (Wildman–Crippen LogP) is 3.74. The Bertz CT molecular complexity index is 1150. The number of halogens is 3. The molecule has 1 aliphatic rings. The van der Waals surface area contributed by atoms with E-state index in [9.17, 15) is 22.8 Å². The topological polar surface area (TPSA) is 78.4 Å². The van der Waals surface area contributed by atoms with Gasteiger partial charge in [0.05, 0.1) is 35.6 Å². The van der Waals surface area contributed by atoms with E-state index in [1.54, 1.807) is 35.4 Å². The van der Waals surface area contributed by atoms with E-state index in [1.807, 2.05) is 6.07 Å². The van der Waals surface area contributed by atoms with Gasteiger partial charge in [0, 0.05) is 25.5 Å². The number of nitrogens with zero attached hydrogens (tertiary/aromatic N) is 4. The van der Waals surface area contributed by atoms with E-state index in [4.69, 9.17) is 0 Å². The van der Waals surface area contributed by atoms with Crippen molar-refractivity contribution in [3.8, 4) is 0 Å². The summed E-state index contributed by atoms with van der Waals surface area (Å²) >= 11 is 0. The molecule has 0 atom stereocenters. The fraction of sp³-hybridized carbons (Fsp3) is 0.250. The standard InChI is InChI=1S/C24H22F3N5O2/c25-24(26,27)20-8-2-1-7-19(20)23(34)32-13-5-12-31(16-32)21-10-9-17(14-29-21)22(33)30-15-18-6-3-4-11-28-18/h1-4,6-11,14H,5,12-13,15-16H2,(H,30,33). The number of rotatable bonds is 5. The summed E-state index contributed by atoms with van der Waals surface area (Å²) in [6.07, 6.45) is -0.959. The zero-order valence-corrected chi connectivity index (χ0v) is 18.1. The number of alkyl halides is 3. The van der Waals surface area contributed by atoms with Gasteiger partial charge in [-0.15, -0.1) is 0 Å². The first-order valence-corrected chi connectivity index (χ1v) is 10.7. The number of nitrogens with one attached hydrogen (secondary N) is 1. The van der Waals surface area contributed by atoms with Crippen LogP contribution in [0.4, 0.5) is 19.0 Å². The Hall–Kier alpha value is -3.95. The molecule has 3 aromatic rings. The van der Waals surface area contributed by atoms with Gasteiger partial charge < -0.3 is 15.1 Å². The Balaban J connectivity index is 1.41. The second-order valence-corrected chi connectivity index (χ2v) is 7.78. The zero-order chi connectivity index (χ0) is 24.1. The largest absolute Gasteiger partial charge is 0.417 e. The maximum Gasteiger partial charge on any atom is 0.417 e. The monoisotopic (exact) mass is 469 g/mol. The molecule has 34 heavy (non-hydrogen) atoms. The maximum atomic E-state index is 13.3. The SMILES string of the molecule is O=C(NCc1ccccn1)c1ccc(N2CCCN(C(=O)c3ccccc3C(F)(F)F)C2)nc1. The van der Waals surface area contributed by atoms with Crippen molar-refractivity contribution in [1.29, 1.82) is 0 Å². The van der Waals surface area contributed by atoms with E-state index in [-0.39, 0.29) is 24.7 Å². The summed E-state index contributed by atoms with van der Waals surface area (Å²) in [5.74, 6) is -0.449. The Labute approximate surface area is 194 Å². The van der Waals surface area contributed by atoms with Gasteiger partial charge in [-0.25, -0.2) is 4.98 Å². The Morgan fingerprint density at radius 1 is 0.971 bits per heavy atom. The lowest BCUT2D eigenvalue weighted by molar-refractivity contribution is -0.138. The van der Waals surface area contributed by atoms with Crippen LogP contribution in [0.2, 0.25) is 0 Å². The molecule has 4 rings (SSSR count). The number of carbonyl (C=O) groups excluding carboxylic acids is 2. The van der Waals surface area contributed by atoms with Crippen molar-refractivity contribution in [2.45, 2.75) is 19.1 Å². The highest BCUT2D eigenvalue weighted by Crippen LogP contribution is 2.32. The van der Waals surface area contributed by atoms with Crippen LogP contribution in [-0.4, -0.2) is 46.4 Å². The number of aromatic nitrogens is 2. The molecule has 0 spiro atoms. The molecule has 1 aliphatic heterocycles. The molecule has 0 bridgehead atoms. The van der Waals surface area contributed by atoms with Crippen molar-refractivity contribution in [2.24, 2.45) is 0 Å². The highest BCUT2D eigenvalue weighted by Gasteiger charge is 2.36. The molecule has 10 heteroatoms. The van der Waals surface area contributed by atoms with Crippen LogP contribution in [0.15, 0.2) is 67.0 Å². The molecule has 3 heterocycles. The molecule has 0 aliphatic carbocycles. The molecule has 2 aromatic heterocycles. The Morgan fingerprint density at radius 3 is 2.47 bits per heavy atom. The van der Waals surface area contributed by atoms with Gasteiger partial charge >= 0.3 is 6.18 Å². The molecule has 1 saturated heterocycles. The van der Waals surface area contributed by atoms with Crippen LogP contribution in [0, 0.1) is 0 Å². The third kappa shape index (κ3) is 5.33. The van der Waals surface area contributed by atoms with Gasteiger partial charge in [0.2, 0.25) is 0 Å². The minimum Gasteiger partial charge on any atom is -0.346 e. The average Bonchev–Trinajstić information content (AvgIpc) is 2.87. The summed E-state index contributed by atoms with van der Waals surface area (Å²) in [4.78, 5) is 36.9. The van der Waals surface area contributed by atoms with Crippen molar-refractivity contribution < 1.29 is 22.8 Å².